The fourth-order valence-electron chi connectivity index (χ4n) is 2.87. The highest BCUT2D eigenvalue weighted by atomic mass is 16.5. The Kier molecular flexibility index (Phi) is 5.29. The molecule has 4 aromatic rings. The third-order valence-electron chi connectivity index (χ3n) is 4.34. The second-order valence-corrected chi connectivity index (χ2v) is 6.44. The van der Waals surface area contributed by atoms with Crippen molar-refractivity contribution in [2.24, 2.45) is 0 Å². The maximum absolute atomic E-state index is 12.2. The molecule has 30 heavy (non-hydrogen) atoms. The minimum absolute atomic E-state index is 0.213. The fourth-order valence-corrected chi connectivity index (χ4v) is 2.87. The molecule has 3 aromatic carbocycles. The first-order valence-corrected chi connectivity index (χ1v) is 9.15. The summed E-state index contributed by atoms with van der Waals surface area (Å²) in [5.41, 5.74) is 4.92. The first-order valence-electron chi connectivity index (χ1n) is 9.15. The first kappa shape index (κ1) is 19.0. The fraction of sp³-hybridized carbons (Fsp3) is 0.0455. The summed E-state index contributed by atoms with van der Waals surface area (Å²) in [5, 5.41) is 16.1. The summed E-state index contributed by atoms with van der Waals surface area (Å²) in [6.07, 6.45) is 1.31. The number of hydrogen-bond acceptors (Lipinski definition) is 5. The van der Waals surface area contributed by atoms with Gasteiger partial charge in [-0.05, 0) is 35.0 Å². The van der Waals surface area contributed by atoms with Crippen molar-refractivity contribution in [2.75, 3.05) is 6.61 Å². The SMILES string of the molecule is O=C(COc1ccc2ccccc2c1)NNC(=O)c1nn(-c2ccccc2)cc1O. The Bertz CT molecular complexity index is 1200. The lowest BCUT2D eigenvalue weighted by molar-refractivity contribution is -0.123. The van der Waals surface area contributed by atoms with Crippen LogP contribution in [0.3, 0.4) is 0 Å². The zero-order chi connectivity index (χ0) is 20.9. The topological polar surface area (TPSA) is 105 Å². The molecule has 0 bridgehead atoms. The number of aromatic hydroxyl groups is 1. The van der Waals surface area contributed by atoms with Crippen LogP contribution in [0.2, 0.25) is 0 Å². The molecule has 3 N–H and O–H groups in total. The smallest absolute Gasteiger partial charge is 0.294 e. The number of carbonyl (C=O) groups is 2. The number of rotatable bonds is 5. The summed E-state index contributed by atoms with van der Waals surface area (Å²) in [6.45, 7) is -0.289. The maximum Gasteiger partial charge on any atom is 0.294 e. The number of hydrogen-bond donors (Lipinski definition) is 3. The number of aromatic nitrogens is 2. The molecule has 2 amide bonds. The molecular formula is C22H18N4O4. The predicted octanol–water partition coefficient (Wildman–Crippen LogP) is 2.57. The van der Waals surface area contributed by atoms with Gasteiger partial charge in [-0.25, -0.2) is 4.68 Å². The number of benzene rings is 3. The van der Waals surface area contributed by atoms with Crippen molar-refractivity contribution >= 4 is 22.6 Å². The summed E-state index contributed by atoms with van der Waals surface area (Å²) < 4.78 is 6.84. The monoisotopic (exact) mass is 402 g/mol. The van der Waals surface area contributed by atoms with E-state index in [1.165, 1.54) is 10.9 Å². The minimum atomic E-state index is -0.749. The van der Waals surface area contributed by atoms with E-state index in [9.17, 15) is 14.7 Å². The van der Waals surface area contributed by atoms with Crippen LogP contribution in [0, 0.1) is 0 Å². The Morgan fingerprint density at radius 3 is 2.47 bits per heavy atom. The second-order valence-electron chi connectivity index (χ2n) is 6.44. The molecule has 0 unspecified atom stereocenters. The molecule has 0 aliphatic rings. The van der Waals surface area contributed by atoms with Gasteiger partial charge in [0.25, 0.3) is 11.8 Å². The molecule has 0 aliphatic carbocycles. The summed E-state index contributed by atoms with van der Waals surface area (Å²) in [5.74, 6) is -1.08. The van der Waals surface area contributed by atoms with E-state index in [1.54, 1.807) is 18.2 Å². The standard InChI is InChI=1S/C22H18N4O4/c27-19-13-26(17-8-2-1-3-9-17)25-21(19)22(29)24-23-20(28)14-30-18-11-10-15-6-4-5-7-16(15)12-18/h1-13,27H,14H2,(H,23,28)(H,24,29). The van der Waals surface area contributed by atoms with E-state index in [4.69, 9.17) is 4.74 Å². The molecule has 8 heteroatoms. The molecule has 0 aliphatic heterocycles. The average Bonchev–Trinajstić information content (AvgIpc) is 3.18. The Labute approximate surface area is 171 Å². The van der Waals surface area contributed by atoms with Crippen LogP contribution in [0.15, 0.2) is 79.0 Å². The van der Waals surface area contributed by atoms with E-state index >= 15 is 0 Å². The van der Waals surface area contributed by atoms with Gasteiger partial charge in [-0.3, -0.25) is 20.4 Å². The van der Waals surface area contributed by atoms with Gasteiger partial charge in [0.2, 0.25) is 0 Å². The van der Waals surface area contributed by atoms with Gasteiger partial charge in [-0.1, -0.05) is 48.5 Å². The van der Waals surface area contributed by atoms with E-state index in [1.807, 2.05) is 54.6 Å². The van der Waals surface area contributed by atoms with E-state index < -0.39 is 11.8 Å². The molecule has 0 saturated heterocycles. The van der Waals surface area contributed by atoms with Gasteiger partial charge >= 0.3 is 0 Å². The van der Waals surface area contributed by atoms with Crippen LogP contribution in [0.1, 0.15) is 10.5 Å². The number of amides is 2. The highest BCUT2D eigenvalue weighted by molar-refractivity contribution is 5.96. The number of fused-ring (bicyclic) bond motifs is 1. The summed E-state index contributed by atoms with van der Waals surface area (Å²) in [6, 6.07) is 22.3. The number of carbonyl (C=O) groups excluding carboxylic acids is 2. The summed E-state index contributed by atoms with van der Waals surface area (Å²) in [7, 11) is 0. The average molecular weight is 402 g/mol. The number of nitrogens with zero attached hydrogens (tertiary/aromatic N) is 2. The van der Waals surface area contributed by atoms with Gasteiger partial charge in [0.1, 0.15) is 5.75 Å². The first-order chi connectivity index (χ1) is 14.6. The summed E-state index contributed by atoms with van der Waals surface area (Å²) >= 11 is 0. The number of ether oxygens (including phenoxy) is 1. The lowest BCUT2D eigenvalue weighted by Crippen LogP contribution is -2.44. The Balaban J connectivity index is 1.32. The second kappa shape index (κ2) is 8.36. The Hall–Kier alpha value is -4.33. The van der Waals surface area contributed by atoms with Crippen LogP contribution in [-0.4, -0.2) is 33.3 Å². The quantitative estimate of drug-likeness (QED) is 0.445. The Morgan fingerprint density at radius 1 is 0.933 bits per heavy atom. The highest BCUT2D eigenvalue weighted by Crippen LogP contribution is 2.20. The van der Waals surface area contributed by atoms with Crippen LogP contribution in [0.5, 0.6) is 11.5 Å². The summed E-state index contributed by atoms with van der Waals surface area (Å²) in [4.78, 5) is 24.2. The lowest BCUT2D eigenvalue weighted by Gasteiger charge is -2.09. The molecule has 1 aromatic heterocycles. The van der Waals surface area contributed by atoms with Crippen LogP contribution in [0.4, 0.5) is 0 Å². The van der Waals surface area contributed by atoms with Gasteiger partial charge in [-0.2, -0.15) is 5.10 Å². The van der Waals surface area contributed by atoms with Crippen molar-refractivity contribution in [3.8, 4) is 17.2 Å². The van der Waals surface area contributed by atoms with Crippen molar-refractivity contribution in [1.82, 2.24) is 20.6 Å². The van der Waals surface area contributed by atoms with Gasteiger partial charge < -0.3 is 9.84 Å². The van der Waals surface area contributed by atoms with Gasteiger partial charge in [-0.15, -0.1) is 0 Å². The molecule has 0 atom stereocenters. The van der Waals surface area contributed by atoms with Crippen molar-refractivity contribution in [1.29, 1.82) is 0 Å². The normalized spacial score (nSPS) is 10.5. The predicted molar refractivity (Wildman–Crippen MR) is 110 cm³/mol. The molecule has 1 heterocycles. The minimum Gasteiger partial charge on any atom is -0.504 e. The molecule has 0 radical (unpaired) electrons. The van der Waals surface area contributed by atoms with E-state index in [0.717, 1.165) is 10.8 Å². The van der Waals surface area contributed by atoms with Crippen molar-refractivity contribution in [3.05, 3.63) is 84.7 Å². The Morgan fingerprint density at radius 2 is 1.67 bits per heavy atom. The molecule has 8 nitrogen and oxygen atoms in total. The van der Waals surface area contributed by atoms with Crippen LogP contribution in [-0.2, 0) is 4.79 Å². The molecule has 0 fully saturated rings. The van der Waals surface area contributed by atoms with Gasteiger partial charge in [0.05, 0.1) is 11.9 Å². The van der Waals surface area contributed by atoms with Crippen LogP contribution in [0.25, 0.3) is 16.5 Å². The van der Waals surface area contributed by atoms with Gasteiger partial charge in [0.15, 0.2) is 18.1 Å². The van der Waals surface area contributed by atoms with E-state index in [0.29, 0.717) is 11.4 Å². The van der Waals surface area contributed by atoms with Crippen molar-refractivity contribution in [2.45, 2.75) is 0 Å². The number of hydrazine groups is 1. The zero-order valence-corrected chi connectivity index (χ0v) is 15.8. The molecular weight excluding hydrogens is 384 g/mol. The van der Waals surface area contributed by atoms with E-state index in [-0.39, 0.29) is 18.1 Å². The molecule has 4 rings (SSSR count). The highest BCUT2D eigenvalue weighted by Gasteiger charge is 2.17. The zero-order valence-electron chi connectivity index (χ0n) is 15.8. The lowest BCUT2D eigenvalue weighted by atomic mass is 10.1. The van der Waals surface area contributed by atoms with Crippen molar-refractivity contribution < 1.29 is 19.4 Å². The van der Waals surface area contributed by atoms with Gasteiger partial charge in [0, 0.05) is 0 Å². The maximum atomic E-state index is 12.2. The third-order valence-corrected chi connectivity index (χ3v) is 4.34. The van der Waals surface area contributed by atoms with Crippen molar-refractivity contribution in [3.63, 3.8) is 0 Å². The molecule has 0 spiro atoms. The number of nitrogens with one attached hydrogen (secondary N) is 2. The van der Waals surface area contributed by atoms with E-state index in [2.05, 4.69) is 16.0 Å². The third kappa shape index (κ3) is 4.22. The number of para-hydroxylation sites is 1. The largest absolute Gasteiger partial charge is 0.504 e. The van der Waals surface area contributed by atoms with Crippen LogP contribution >= 0.6 is 0 Å². The molecule has 0 saturated carbocycles. The van der Waals surface area contributed by atoms with Crippen LogP contribution < -0.4 is 15.6 Å². The molecule has 150 valence electrons.